The van der Waals surface area contributed by atoms with E-state index in [9.17, 15) is 22.4 Å². The first-order chi connectivity index (χ1) is 12.2. The van der Waals surface area contributed by atoms with Crippen molar-refractivity contribution in [2.24, 2.45) is 5.92 Å². The number of nitrogens with zero attached hydrogens (tertiary/aromatic N) is 1. The van der Waals surface area contributed by atoms with Crippen LogP contribution in [0.1, 0.15) is 33.1 Å². The van der Waals surface area contributed by atoms with Crippen molar-refractivity contribution in [3.8, 4) is 0 Å². The summed E-state index contributed by atoms with van der Waals surface area (Å²) in [5.74, 6) is -1.25. The molecule has 26 heavy (non-hydrogen) atoms. The summed E-state index contributed by atoms with van der Waals surface area (Å²) in [7, 11) is -4.11. The third kappa shape index (κ3) is 5.11. The van der Waals surface area contributed by atoms with Gasteiger partial charge in [-0.1, -0.05) is 26.0 Å². The van der Waals surface area contributed by atoms with E-state index >= 15 is 0 Å². The van der Waals surface area contributed by atoms with Crippen LogP contribution in [-0.4, -0.2) is 43.5 Å². The van der Waals surface area contributed by atoms with E-state index in [1.165, 1.54) is 24.6 Å². The number of hydrogen-bond donors (Lipinski definition) is 1. The summed E-state index contributed by atoms with van der Waals surface area (Å²) in [5.41, 5.74) is 0. The van der Waals surface area contributed by atoms with Crippen molar-refractivity contribution in [1.82, 2.24) is 9.62 Å². The quantitative estimate of drug-likeness (QED) is 0.813. The molecule has 6 nitrogen and oxygen atoms in total. The lowest BCUT2D eigenvalue weighted by Gasteiger charge is -2.20. The van der Waals surface area contributed by atoms with Crippen molar-refractivity contribution in [2.75, 3.05) is 13.1 Å². The molecule has 1 aromatic carbocycles. The Morgan fingerprint density at radius 3 is 2.73 bits per heavy atom. The van der Waals surface area contributed by atoms with Gasteiger partial charge in [0.25, 0.3) is 0 Å². The number of benzene rings is 1. The maximum atomic E-state index is 13.9. The second-order valence-corrected chi connectivity index (χ2v) is 8.68. The standard InChI is InChI=1S/C18H24FN2O4S/c1-13(2)9-10-18(23)20-15-7-5-11-21(12-16(15)22)26(24,25)17-8-4-3-6-14(17)19/h3-4,6,8,10,13,15H,5,7,9,11-12H2,1-2H3,(H,20,23). The van der Waals surface area contributed by atoms with Crippen LogP contribution in [0.15, 0.2) is 29.2 Å². The van der Waals surface area contributed by atoms with Crippen LogP contribution in [0.4, 0.5) is 4.39 Å². The predicted molar refractivity (Wildman–Crippen MR) is 95.1 cm³/mol. The van der Waals surface area contributed by atoms with Gasteiger partial charge in [0.05, 0.1) is 12.6 Å². The van der Waals surface area contributed by atoms with E-state index in [0.717, 1.165) is 10.4 Å². The highest BCUT2D eigenvalue weighted by Crippen LogP contribution is 2.21. The first kappa shape index (κ1) is 20.5. The number of carbonyl (C=O) groups excluding carboxylic acids is 2. The number of ketones is 1. The van der Waals surface area contributed by atoms with Gasteiger partial charge in [-0.2, -0.15) is 4.31 Å². The predicted octanol–water partition coefficient (Wildman–Crippen LogP) is 1.91. The molecule has 1 aliphatic heterocycles. The minimum Gasteiger partial charge on any atom is -0.346 e. The number of sulfonamides is 1. The Balaban J connectivity index is 2.07. The highest BCUT2D eigenvalue weighted by molar-refractivity contribution is 7.89. The van der Waals surface area contributed by atoms with Crippen molar-refractivity contribution >= 4 is 21.7 Å². The molecular weight excluding hydrogens is 359 g/mol. The molecule has 1 saturated heterocycles. The molecule has 1 fully saturated rings. The molecule has 0 aliphatic carbocycles. The molecule has 1 aromatic rings. The first-order valence-corrected chi connectivity index (χ1v) is 10.1. The van der Waals surface area contributed by atoms with E-state index in [1.807, 2.05) is 13.8 Å². The fraction of sp³-hybridized carbons (Fsp3) is 0.500. The summed E-state index contributed by atoms with van der Waals surface area (Å²) in [4.78, 5) is 23.9. The number of halogens is 1. The van der Waals surface area contributed by atoms with Crippen LogP contribution in [0.5, 0.6) is 0 Å². The molecule has 1 unspecified atom stereocenters. The Kier molecular flexibility index (Phi) is 6.88. The fourth-order valence-electron chi connectivity index (χ4n) is 2.72. The minimum atomic E-state index is -4.11. The molecular formula is C18H24FN2O4S. The highest BCUT2D eigenvalue weighted by Gasteiger charge is 2.34. The van der Waals surface area contributed by atoms with Crippen LogP contribution in [0.3, 0.4) is 0 Å². The van der Waals surface area contributed by atoms with Crippen LogP contribution in [-0.2, 0) is 19.6 Å². The number of hydrogen-bond acceptors (Lipinski definition) is 4. The summed E-state index contributed by atoms with van der Waals surface area (Å²) in [5, 5.41) is 2.65. The Morgan fingerprint density at radius 1 is 1.38 bits per heavy atom. The van der Waals surface area contributed by atoms with Gasteiger partial charge < -0.3 is 5.32 Å². The molecule has 0 aromatic heterocycles. The summed E-state index contributed by atoms with van der Waals surface area (Å²) >= 11 is 0. The zero-order chi connectivity index (χ0) is 19.3. The minimum absolute atomic E-state index is 0.102. The molecule has 1 atom stereocenters. The van der Waals surface area contributed by atoms with Crippen LogP contribution in [0.2, 0.25) is 0 Å². The van der Waals surface area contributed by atoms with Crippen molar-refractivity contribution < 1.29 is 22.4 Å². The molecule has 143 valence electrons. The van der Waals surface area contributed by atoms with Crippen molar-refractivity contribution in [3.05, 3.63) is 36.5 Å². The zero-order valence-electron chi connectivity index (χ0n) is 14.9. The Hall–Kier alpha value is -1.80. The van der Waals surface area contributed by atoms with Crippen molar-refractivity contribution in [2.45, 2.75) is 44.0 Å². The van der Waals surface area contributed by atoms with Gasteiger partial charge in [0.15, 0.2) is 5.78 Å². The average Bonchev–Trinajstić information content (AvgIpc) is 2.76. The lowest BCUT2D eigenvalue weighted by Crippen LogP contribution is -2.44. The highest BCUT2D eigenvalue weighted by atomic mass is 32.2. The second kappa shape index (κ2) is 8.73. The van der Waals surface area contributed by atoms with Gasteiger partial charge in [0.2, 0.25) is 15.9 Å². The summed E-state index contributed by atoms with van der Waals surface area (Å²) < 4.78 is 40.2. The van der Waals surface area contributed by atoms with E-state index in [0.29, 0.717) is 25.2 Å². The molecule has 1 aliphatic rings. The van der Waals surface area contributed by atoms with Gasteiger partial charge >= 0.3 is 0 Å². The molecule has 8 heteroatoms. The molecule has 1 heterocycles. The third-order valence-corrected chi connectivity index (χ3v) is 6.05. The summed E-state index contributed by atoms with van der Waals surface area (Å²) in [6.45, 7) is 3.67. The Morgan fingerprint density at radius 2 is 2.08 bits per heavy atom. The Bertz CT molecular complexity index is 764. The summed E-state index contributed by atoms with van der Waals surface area (Å²) in [6, 6.07) is 4.36. The lowest BCUT2D eigenvalue weighted by atomic mass is 10.1. The monoisotopic (exact) mass is 383 g/mol. The summed E-state index contributed by atoms with van der Waals surface area (Å²) in [6.07, 6.45) is 2.84. The van der Waals surface area contributed by atoms with Gasteiger partial charge in [-0.25, -0.2) is 12.8 Å². The first-order valence-electron chi connectivity index (χ1n) is 8.63. The second-order valence-electron chi connectivity index (χ2n) is 6.77. The molecule has 0 spiro atoms. The fourth-order valence-corrected chi connectivity index (χ4v) is 4.23. The number of amides is 1. The lowest BCUT2D eigenvalue weighted by molar-refractivity contribution is -0.126. The van der Waals surface area contributed by atoms with Crippen LogP contribution < -0.4 is 5.32 Å². The maximum absolute atomic E-state index is 13.9. The molecule has 2 rings (SSSR count). The molecule has 0 bridgehead atoms. The van der Waals surface area contributed by atoms with Crippen molar-refractivity contribution in [3.63, 3.8) is 0 Å². The molecule has 0 saturated carbocycles. The number of nitrogens with one attached hydrogen (secondary N) is 1. The SMILES string of the molecule is CC(C)C[CH]C(=O)NC1CCCN(S(=O)(=O)c2ccccc2F)CC1=O. The van der Waals surface area contributed by atoms with Gasteiger partial charge in [-0.3, -0.25) is 9.59 Å². The van der Waals surface area contributed by atoms with Crippen LogP contribution in [0.25, 0.3) is 0 Å². The number of carbonyl (C=O) groups is 2. The van der Waals surface area contributed by atoms with E-state index in [2.05, 4.69) is 5.32 Å². The number of Topliss-reactive ketones (excluding diaryl/α,β-unsaturated/α-hetero) is 1. The van der Waals surface area contributed by atoms with Gasteiger partial charge in [-0.15, -0.1) is 0 Å². The van der Waals surface area contributed by atoms with E-state index in [1.54, 1.807) is 0 Å². The largest absolute Gasteiger partial charge is 0.346 e. The Labute approximate surface area is 153 Å². The third-order valence-electron chi connectivity index (χ3n) is 4.17. The van der Waals surface area contributed by atoms with E-state index < -0.39 is 32.6 Å². The van der Waals surface area contributed by atoms with Gasteiger partial charge in [0.1, 0.15) is 10.7 Å². The number of rotatable bonds is 6. The topological polar surface area (TPSA) is 83.6 Å². The van der Waals surface area contributed by atoms with Gasteiger partial charge in [-0.05, 0) is 37.3 Å². The molecule has 1 amide bonds. The van der Waals surface area contributed by atoms with Crippen LogP contribution in [0, 0.1) is 18.2 Å². The molecule has 1 radical (unpaired) electrons. The van der Waals surface area contributed by atoms with E-state index in [-0.39, 0.29) is 19.0 Å². The van der Waals surface area contributed by atoms with Crippen LogP contribution >= 0.6 is 0 Å². The smallest absolute Gasteiger partial charge is 0.246 e. The normalized spacial score (nSPS) is 19.4. The van der Waals surface area contributed by atoms with Crippen molar-refractivity contribution in [1.29, 1.82) is 0 Å². The molecule has 1 N–H and O–H groups in total. The maximum Gasteiger partial charge on any atom is 0.246 e. The zero-order valence-corrected chi connectivity index (χ0v) is 15.8. The average molecular weight is 383 g/mol. The van der Waals surface area contributed by atoms with Gasteiger partial charge in [0, 0.05) is 13.0 Å². The van der Waals surface area contributed by atoms with E-state index in [4.69, 9.17) is 0 Å².